The average molecular weight is 138 g/mol. The summed E-state index contributed by atoms with van der Waals surface area (Å²) in [6.45, 7) is 2.38. The molecule has 2 nitrogen and oxygen atoms in total. The Kier molecular flexibility index (Phi) is 1.31. The quantitative estimate of drug-likeness (QED) is 0.530. The monoisotopic (exact) mass is 138 g/mol. The van der Waals surface area contributed by atoms with Gasteiger partial charge in [-0.2, -0.15) is 0 Å². The van der Waals surface area contributed by atoms with Gasteiger partial charge in [0.05, 0.1) is 0 Å². The van der Waals surface area contributed by atoms with Crippen LogP contribution in [0.1, 0.15) is 12.8 Å². The van der Waals surface area contributed by atoms with Gasteiger partial charge < -0.3 is 10.3 Å². The zero-order valence-electron chi connectivity index (χ0n) is 6.43. The minimum Gasteiger partial charge on any atom is -0.315 e. The number of hydrogen-bond donors (Lipinski definition) is 1. The number of aliphatic imine (C=N–C) groups is 1. The van der Waals surface area contributed by atoms with Crippen molar-refractivity contribution >= 4 is 6.21 Å². The predicted molar refractivity (Wildman–Crippen MR) is 42.4 cm³/mol. The van der Waals surface area contributed by atoms with Crippen molar-refractivity contribution in [1.29, 1.82) is 0 Å². The molecule has 1 aliphatic carbocycles. The summed E-state index contributed by atoms with van der Waals surface area (Å²) in [6.07, 6.45) is 4.94. The van der Waals surface area contributed by atoms with Crippen molar-refractivity contribution in [2.75, 3.05) is 20.1 Å². The van der Waals surface area contributed by atoms with Crippen LogP contribution in [-0.2, 0) is 0 Å². The molecule has 1 saturated carbocycles. The first kappa shape index (κ1) is 6.35. The van der Waals surface area contributed by atoms with E-state index in [0.29, 0.717) is 5.41 Å². The molecule has 1 aliphatic heterocycles. The van der Waals surface area contributed by atoms with Gasteiger partial charge in [-0.3, -0.25) is 0 Å². The molecule has 0 amide bonds. The number of nitrogens with zero attached hydrogens (tertiary/aromatic N) is 1. The second-order valence-corrected chi connectivity index (χ2v) is 3.51. The molecule has 10 heavy (non-hydrogen) atoms. The fourth-order valence-electron chi connectivity index (χ4n) is 1.92. The van der Waals surface area contributed by atoms with Gasteiger partial charge in [0, 0.05) is 32.3 Å². The Labute approximate surface area is 61.7 Å². The van der Waals surface area contributed by atoms with Crippen LogP contribution in [0.3, 0.4) is 0 Å². The Hall–Kier alpha value is -0.370. The maximum absolute atomic E-state index is 4.09. The van der Waals surface area contributed by atoms with Gasteiger partial charge in [-0.05, 0) is 18.3 Å². The van der Waals surface area contributed by atoms with Gasteiger partial charge in [0.2, 0.25) is 0 Å². The molecule has 1 unspecified atom stereocenters. The molecule has 1 saturated heterocycles. The van der Waals surface area contributed by atoms with Crippen LogP contribution in [0.5, 0.6) is 0 Å². The molecule has 0 aromatic rings. The molecule has 2 rings (SSSR count). The van der Waals surface area contributed by atoms with Crippen LogP contribution in [0.2, 0.25) is 0 Å². The van der Waals surface area contributed by atoms with E-state index in [0.717, 1.165) is 12.5 Å². The normalized spacial score (nSPS) is 35.9. The summed E-state index contributed by atoms with van der Waals surface area (Å²) in [5.41, 5.74) is 0.652. The standard InChI is InChI=1S/C8H14N2/c1-9-4-7-5-10-6-8(7)2-3-8/h4,7,10H,2-3,5-6H2,1H3. The van der Waals surface area contributed by atoms with Gasteiger partial charge in [0.25, 0.3) is 0 Å². The highest BCUT2D eigenvalue weighted by atomic mass is 15.0. The zero-order valence-corrected chi connectivity index (χ0v) is 6.43. The summed E-state index contributed by atoms with van der Waals surface area (Å²) in [7, 11) is 1.87. The van der Waals surface area contributed by atoms with Gasteiger partial charge in [0.15, 0.2) is 0 Å². The Balaban J connectivity index is 2.07. The van der Waals surface area contributed by atoms with E-state index in [4.69, 9.17) is 0 Å². The summed E-state index contributed by atoms with van der Waals surface area (Å²) >= 11 is 0. The fraction of sp³-hybridized carbons (Fsp3) is 0.875. The van der Waals surface area contributed by atoms with Crippen molar-refractivity contribution in [3.05, 3.63) is 0 Å². The first-order valence-corrected chi connectivity index (χ1v) is 4.00. The number of nitrogens with one attached hydrogen (secondary N) is 1. The summed E-state index contributed by atoms with van der Waals surface area (Å²) in [6, 6.07) is 0. The van der Waals surface area contributed by atoms with Gasteiger partial charge >= 0.3 is 0 Å². The number of hydrogen-bond acceptors (Lipinski definition) is 2. The Morgan fingerprint density at radius 2 is 2.40 bits per heavy atom. The lowest BCUT2D eigenvalue weighted by atomic mass is 9.94. The van der Waals surface area contributed by atoms with Gasteiger partial charge in [0.1, 0.15) is 0 Å². The van der Waals surface area contributed by atoms with Gasteiger partial charge in [-0.25, -0.2) is 0 Å². The molecule has 1 N–H and O–H groups in total. The minimum atomic E-state index is 0.652. The summed E-state index contributed by atoms with van der Waals surface area (Å²) < 4.78 is 0. The molecule has 2 aliphatic rings. The molecule has 1 atom stereocenters. The van der Waals surface area contributed by atoms with Crippen molar-refractivity contribution in [3.63, 3.8) is 0 Å². The maximum atomic E-state index is 4.09. The lowest BCUT2D eigenvalue weighted by molar-refractivity contribution is 0.506. The molecular weight excluding hydrogens is 124 g/mol. The van der Waals surface area contributed by atoms with Crippen molar-refractivity contribution in [3.8, 4) is 0 Å². The molecule has 0 radical (unpaired) electrons. The molecule has 0 bridgehead atoms. The average Bonchev–Trinajstić information content (AvgIpc) is 2.57. The maximum Gasteiger partial charge on any atom is 0.0273 e. The smallest absolute Gasteiger partial charge is 0.0273 e. The lowest BCUT2D eigenvalue weighted by Crippen LogP contribution is -2.14. The highest BCUT2D eigenvalue weighted by molar-refractivity contribution is 5.63. The van der Waals surface area contributed by atoms with Crippen LogP contribution in [0.4, 0.5) is 0 Å². The van der Waals surface area contributed by atoms with Crippen molar-refractivity contribution < 1.29 is 0 Å². The van der Waals surface area contributed by atoms with E-state index in [1.54, 1.807) is 0 Å². The number of rotatable bonds is 1. The van der Waals surface area contributed by atoms with Gasteiger partial charge in [-0.1, -0.05) is 0 Å². The highest BCUT2D eigenvalue weighted by Gasteiger charge is 2.51. The van der Waals surface area contributed by atoms with Crippen molar-refractivity contribution in [1.82, 2.24) is 5.32 Å². The van der Waals surface area contributed by atoms with Crippen molar-refractivity contribution in [2.24, 2.45) is 16.3 Å². The summed E-state index contributed by atoms with van der Waals surface area (Å²) in [5, 5.41) is 3.42. The fourth-order valence-corrected chi connectivity index (χ4v) is 1.92. The highest BCUT2D eigenvalue weighted by Crippen LogP contribution is 2.53. The van der Waals surface area contributed by atoms with Crippen LogP contribution in [0.15, 0.2) is 4.99 Å². The third-order valence-electron chi connectivity index (χ3n) is 2.85. The molecule has 1 heterocycles. The second kappa shape index (κ2) is 2.06. The topological polar surface area (TPSA) is 24.4 Å². The SMILES string of the molecule is CN=CC1CNCC12CC2. The minimum absolute atomic E-state index is 0.652. The molecular formula is C8H14N2. The molecule has 56 valence electrons. The predicted octanol–water partition coefficient (Wildman–Crippen LogP) is 0.687. The molecule has 1 spiro atoms. The molecule has 2 heteroatoms. The van der Waals surface area contributed by atoms with E-state index >= 15 is 0 Å². The van der Waals surface area contributed by atoms with Crippen molar-refractivity contribution in [2.45, 2.75) is 12.8 Å². The first-order valence-electron chi connectivity index (χ1n) is 4.00. The lowest BCUT2D eigenvalue weighted by Gasteiger charge is -2.09. The Bertz CT molecular complexity index is 159. The van der Waals surface area contributed by atoms with E-state index in [9.17, 15) is 0 Å². The Morgan fingerprint density at radius 3 is 3.00 bits per heavy atom. The van der Waals surface area contributed by atoms with Crippen LogP contribution >= 0.6 is 0 Å². The molecule has 0 aromatic heterocycles. The Morgan fingerprint density at radius 1 is 1.60 bits per heavy atom. The molecule has 2 fully saturated rings. The van der Waals surface area contributed by atoms with E-state index < -0.39 is 0 Å². The zero-order chi connectivity index (χ0) is 7.03. The molecule has 0 aromatic carbocycles. The van der Waals surface area contributed by atoms with E-state index in [2.05, 4.69) is 16.5 Å². The first-order chi connectivity index (χ1) is 4.87. The van der Waals surface area contributed by atoms with Gasteiger partial charge in [-0.15, -0.1) is 0 Å². The van der Waals surface area contributed by atoms with Crippen LogP contribution in [0, 0.1) is 11.3 Å². The van der Waals surface area contributed by atoms with Crippen LogP contribution in [-0.4, -0.2) is 26.4 Å². The van der Waals surface area contributed by atoms with Crippen LogP contribution < -0.4 is 5.32 Å². The van der Waals surface area contributed by atoms with Crippen LogP contribution in [0.25, 0.3) is 0 Å². The third kappa shape index (κ3) is 0.788. The van der Waals surface area contributed by atoms with E-state index in [1.807, 2.05) is 7.05 Å². The summed E-state index contributed by atoms with van der Waals surface area (Å²) in [5.74, 6) is 0.734. The summed E-state index contributed by atoms with van der Waals surface area (Å²) in [4.78, 5) is 4.09. The third-order valence-corrected chi connectivity index (χ3v) is 2.85. The second-order valence-electron chi connectivity index (χ2n) is 3.51. The van der Waals surface area contributed by atoms with E-state index in [-0.39, 0.29) is 0 Å². The van der Waals surface area contributed by atoms with E-state index in [1.165, 1.54) is 19.4 Å². The largest absolute Gasteiger partial charge is 0.315 e.